The lowest BCUT2D eigenvalue weighted by Gasteiger charge is -2.13. The van der Waals surface area contributed by atoms with E-state index >= 15 is 0 Å². The standard InChI is InChI=1S/C21H29NOS.CH4O/c1-16-13-17(2)21(18(3)14-16)22-24-20-11-8-10-19(15-20)9-6-4-5-7-12-23;1-2/h8,10-11,13-15,22-23H,4-7,9,12H2,1-3H3;2H,1H3. The van der Waals surface area contributed by atoms with Gasteiger partial charge in [0.1, 0.15) is 0 Å². The lowest BCUT2D eigenvalue weighted by atomic mass is 10.1. The van der Waals surface area contributed by atoms with E-state index < -0.39 is 0 Å². The fourth-order valence-corrected chi connectivity index (χ4v) is 3.91. The molecule has 2 aromatic carbocycles. The predicted octanol–water partition coefficient (Wildman–Crippen LogP) is 5.43. The maximum Gasteiger partial charge on any atom is 0.0502 e. The molecule has 3 N–H and O–H groups in total. The molecule has 0 aliphatic heterocycles. The van der Waals surface area contributed by atoms with Crippen LogP contribution in [0.25, 0.3) is 0 Å². The first kappa shape index (κ1) is 22.6. The highest BCUT2D eigenvalue weighted by Gasteiger charge is 2.05. The maximum absolute atomic E-state index is 8.82. The van der Waals surface area contributed by atoms with Crippen LogP contribution in [-0.4, -0.2) is 23.9 Å². The molecular weight excluding hydrogens is 342 g/mol. The summed E-state index contributed by atoms with van der Waals surface area (Å²) in [5, 5.41) is 15.8. The molecule has 0 saturated heterocycles. The summed E-state index contributed by atoms with van der Waals surface area (Å²) >= 11 is 1.69. The van der Waals surface area contributed by atoms with Crippen molar-refractivity contribution in [1.29, 1.82) is 0 Å². The van der Waals surface area contributed by atoms with Gasteiger partial charge in [0.15, 0.2) is 0 Å². The maximum atomic E-state index is 8.82. The molecule has 144 valence electrons. The second kappa shape index (κ2) is 12.8. The number of benzene rings is 2. The number of hydrogen-bond donors (Lipinski definition) is 3. The highest BCUT2D eigenvalue weighted by molar-refractivity contribution is 8.00. The summed E-state index contributed by atoms with van der Waals surface area (Å²) < 4.78 is 3.52. The molecule has 0 fully saturated rings. The third-order valence-corrected chi connectivity index (χ3v) is 5.02. The van der Waals surface area contributed by atoms with Gasteiger partial charge in [-0.2, -0.15) is 0 Å². The van der Waals surface area contributed by atoms with Crippen LogP contribution in [0, 0.1) is 20.8 Å². The van der Waals surface area contributed by atoms with Crippen molar-refractivity contribution in [3.63, 3.8) is 0 Å². The molecule has 2 aromatic rings. The number of hydrogen-bond acceptors (Lipinski definition) is 4. The molecule has 0 spiro atoms. The number of anilines is 1. The van der Waals surface area contributed by atoms with Crippen molar-refractivity contribution in [2.75, 3.05) is 18.4 Å². The van der Waals surface area contributed by atoms with Gasteiger partial charge in [0.25, 0.3) is 0 Å². The summed E-state index contributed by atoms with van der Waals surface area (Å²) in [5.41, 5.74) is 6.51. The highest BCUT2D eigenvalue weighted by Crippen LogP contribution is 2.28. The van der Waals surface area contributed by atoms with Gasteiger partial charge in [0.2, 0.25) is 0 Å². The summed E-state index contributed by atoms with van der Waals surface area (Å²) in [4.78, 5) is 1.25. The minimum atomic E-state index is 0.315. The smallest absolute Gasteiger partial charge is 0.0502 e. The van der Waals surface area contributed by atoms with Crippen LogP contribution in [0.1, 0.15) is 47.9 Å². The molecule has 0 atom stereocenters. The Labute approximate surface area is 163 Å². The van der Waals surface area contributed by atoms with E-state index in [0.29, 0.717) is 6.61 Å². The molecule has 0 radical (unpaired) electrons. The number of nitrogens with one attached hydrogen (secondary N) is 1. The second-order valence-corrected chi connectivity index (χ2v) is 7.39. The van der Waals surface area contributed by atoms with E-state index in [4.69, 9.17) is 10.2 Å². The zero-order valence-electron chi connectivity index (χ0n) is 16.5. The van der Waals surface area contributed by atoms with Crippen LogP contribution in [0.5, 0.6) is 0 Å². The SMILES string of the molecule is CO.Cc1cc(C)c(NSc2cccc(CCCCCCO)c2)c(C)c1. The fraction of sp³-hybridized carbons (Fsp3) is 0.455. The van der Waals surface area contributed by atoms with Gasteiger partial charge >= 0.3 is 0 Å². The Kier molecular flexibility index (Phi) is 11.1. The molecule has 0 heterocycles. The summed E-state index contributed by atoms with van der Waals surface area (Å²) in [7, 11) is 1.00. The van der Waals surface area contributed by atoms with Crippen molar-refractivity contribution >= 4 is 17.6 Å². The van der Waals surface area contributed by atoms with E-state index in [0.717, 1.165) is 26.4 Å². The van der Waals surface area contributed by atoms with Gasteiger partial charge in [-0.15, -0.1) is 0 Å². The minimum absolute atomic E-state index is 0.315. The van der Waals surface area contributed by atoms with Crippen LogP contribution in [0.2, 0.25) is 0 Å². The van der Waals surface area contributed by atoms with Gasteiger partial charge in [-0.1, -0.05) is 42.7 Å². The molecule has 26 heavy (non-hydrogen) atoms. The largest absolute Gasteiger partial charge is 0.400 e. The summed E-state index contributed by atoms with van der Waals surface area (Å²) in [6, 6.07) is 13.2. The average Bonchev–Trinajstić information content (AvgIpc) is 2.63. The van der Waals surface area contributed by atoms with Gasteiger partial charge in [0.05, 0.1) is 5.69 Å². The van der Waals surface area contributed by atoms with Crippen LogP contribution in [0.15, 0.2) is 41.3 Å². The molecule has 0 amide bonds. The zero-order valence-corrected chi connectivity index (χ0v) is 17.3. The van der Waals surface area contributed by atoms with E-state index in [2.05, 4.69) is 61.9 Å². The first-order valence-electron chi connectivity index (χ1n) is 9.25. The van der Waals surface area contributed by atoms with Crippen LogP contribution in [0.4, 0.5) is 5.69 Å². The number of aliphatic hydroxyl groups excluding tert-OH is 2. The molecule has 0 bridgehead atoms. The Morgan fingerprint density at radius 3 is 2.19 bits per heavy atom. The molecule has 0 aliphatic rings. The van der Waals surface area contributed by atoms with Crippen molar-refractivity contribution < 1.29 is 10.2 Å². The van der Waals surface area contributed by atoms with E-state index in [1.165, 1.54) is 45.7 Å². The Bertz CT molecular complexity index is 635. The molecule has 0 aromatic heterocycles. The molecule has 0 unspecified atom stereocenters. The monoisotopic (exact) mass is 375 g/mol. The molecule has 2 rings (SSSR count). The fourth-order valence-electron chi connectivity index (χ4n) is 3.01. The Hall–Kier alpha value is -1.49. The predicted molar refractivity (Wildman–Crippen MR) is 114 cm³/mol. The van der Waals surface area contributed by atoms with Gasteiger partial charge in [0, 0.05) is 18.6 Å². The first-order valence-corrected chi connectivity index (χ1v) is 10.1. The summed E-state index contributed by atoms with van der Waals surface area (Å²) in [5.74, 6) is 0. The van der Waals surface area contributed by atoms with Crippen molar-refractivity contribution in [3.8, 4) is 0 Å². The van der Waals surface area contributed by atoms with E-state index in [9.17, 15) is 0 Å². The molecule has 3 nitrogen and oxygen atoms in total. The van der Waals surface area contributed by atoms with E-state index in [-0.39, 0.29) is 0 Å². The lowest BCUT2D eigenvalue weighted by Crippen LogP contribution is -1.95. The first-order chi connectivity index (χ1) is 12.6. The Balaban J connectivity index is 0.00000163. The molecule has 4 heteroatoms. The third-order valence-electron chi connectivity index (χ3n) is 4.22. The van der Waals surface area contributed by atoms with Crippen LogP contribution < -0.4 is 4.72 Å². The second-order valence-electron chi connectivity index (χ2n) is 6.51. The number of rotatable bonds is 9. The topological polar surface area (TPSA) is 52.5 Å². The quantitative estimate of drug-likeness (QED) is 0.404. The van der Waals surface area contributed by atoms with Crippen LogP contribution in [0.3, 0.4) is 0 Å². The van der Waals surface area contributed by atoms with Gasteiger partial charge < -0.3 is 14.9 Å². The molecule has 0 saturated carbocycles. The van der Waals surface area contributed by atoms with Gasteiger partial charge in [-0.3, -0.25) is 0 Å². The van der Waals surface area contributed by atoms with Crippen molar-refractivity contribution in [2.24, 2.45) is 0 Å². The van der Waals surface area contributed by atoms with E-state index in [1.807, 2.05) is 0 Å². The lowest BCUT2D eigenvalue weighted by molar-refractivity contribution is 0.282. The molecular formula is C22H33NO2S. The van der Waals surface area contributed by atoms with Gasteiger partial charge in [-0.25, -0.2) is 0 Å². The van der Waals surface area contributed by atoms with Crippen LogP contribution >= 0.6 is 11.9 Å². The van der Waals surface area contributed by atoms with Gasteiger partial charge in [-0.05, 0) is 80.8 Å². The molecule has 0 aliphatic carbocycles. The van der Waals surface area contributed by atoms with E-state index in [1.54, 1.807) is 11.9 Å². The zero-order chi connectivity index (χ0) is 19.4. The normalized spacial score (nSPS) is 10.2. The number of aryl methyl sites for hydroxylation is 4. The highest BCUT2D eigenvalue weighted by atomic mass is 32.2. The summed E-state index contributed by atoms with van der Waals surface area (Å²) in [6.07, 6.45) is 5.55. The minimum Gasteiger partial charge on any atom is -0.400 e. The summed E-state index contributed by atoms with van der Waals surface area (Å²) in [6.45, 7) is 6.77. The number of aliphatic hydroxyl groups is 2. The van der Waals surface area contributed by atoms with Crippen molar-refractivity contribution in [2.45, 2.75) is 57.8 Å². The van der Waals surface area contributed by atoms with Crippen molar-refractivity contribution in [3.05, 3.63) is 58.7 Å². The number of unbranched alkanes of at least 4 members (excludes halogenated alkanes) is 3. The Morgan fingerprint density at radius 1 is 0.885 bits per heavy atom. The Morgan fingerprint density at radius 2 is 1.54 bits per heavy atom. The third kappa shape index (κ3) is 7.81. The van der Waals surface area contributed by atoms with Crippen LogP contribution in [-0.2, 0) is 6.42 Å². The van der Waals surface area contributed by atoms with Crippen molar-refractivity contribution in [1.82, 2.24) is 0 Å². The average molecular weight is 376 g/mol.